The molecule has 0 unspecified atom stereocenters. The van der Waals surface area contributed by atoms with Crippen molar-refractivity contribution in [2.45, 2.75) is 6.92 Å². The first kappa shape index (κ1) is 7.70. The molecule has 0 atom stereocenters. The molecule has 2 aromatic rings. The minimum Gasteiger partial charge on any atom is -0.365 e. The van der Waals surface area contributed by atoms with Gasteiger partial charge in [-0.2, -0.15) is 4.37 Å². The summed E-state index contributed by atoms with van der Waals surface area (Å²) in [5.41, 5.74) is 6.11. The third-order valence-electron chi connectivity index (χ3n) is 1.60. The summed E-state index contributed by atoms with van der Waals surface area (Å²) >= 11 is 2.82. The molecule has 0 saturated carbocycles. The van der Waals surface area contributed by atoms with Crippen LogP contribution in [0.1, 0.15) is 15.4 Å². The molecule has 0 fully saturated rings. The van der Waals surface area contributed by atoms with E-state index in [9.17, 15) is 4.79 Å². The molecule has 2 aromatic heterocycles. The second-order valence-electron chi connectivity index (χ2n) is 2.44. The summed E-state index contributed by atoms with van der Waals surface area (Å²) in [7, 11) is 0. The van der Waals surface area contributed by atoms with Crippen molar-refractivity contribution in [2.24, 2.45) is 5.73 Å². The summed E-state index contributed by atoms with van der Waals surface area (Å²) < 4.78 is 5.23. The molecule has 2 rings (SSSR count). The fourth-order valence-electron chi connectivity index (χ4n) is 0.975. The number of primary amides is 1. The first-order valence-corrected chi connectivity index (χ1v) is 4.93. The highest BCUT2D eigenvalue weighted by molar-refractivity contribution is 7.36. The highest BCUT2D eigenvalue weighted by atomic mass is 32.2. The maximum Gasteiger partial charge on any atom is 0.258 e. The quantitative estimate of drug-likeness (QED) is 0.759. The third kappa shape index (κ3) is 1.02. The molecule has 2 heterocycles. The summed E-state index contributed by atoms with van der Waals surface area (Å²) in [6, 6.07) is 1.81. The van der Waals surface area contributed by atoms with Gasteiger partial charge in [0.25, 0.3) is 5.91 Å². The van der Waals surface area contributed by atoms with Crippen LogP contribution in [0.5, 0.6) is 0 Å². The van der Waals surface area contributed by atoms with Gasteiger partial charge in [-0.25, -0.2) is 0 Å². The van der Waals surface area contributed by atoms with E-state index < -0.39 is 0 Å². The van der Waals surface area contributed by atoms with Gasteiger partial charge in [0.1, 0.15) is 4.01 Å². The molecule has 0 aliphatic carbocycles. The van der Waals surface area contributed by atoms with Crippen LogP contribution < -0.4 is 5.73 Å². The van der Waals surface area contributed by atoms with Crippen molar-refractivity contribution in [3.63, 3.8) is 0 Å². The van der Waals surface area contributed by atoms with Gasteiger partial charge in [0.15, 0.2) is 0 Å². The van der Waals surface area contributed by atoms with Crippen LogP contribution in [-0.4, -0.2) is 10.3 Å². The van der Waals surface area contributed by atoms with Crippen LogP contribution in [0, 0.1) is 6.92 Å². The SMILES string of the molecule is Cc1nsc2sc(C(N)=O)cc12. The lowest BCUT2D eigenvalue weighted by molar-refractivity contribution is 0.100. The molecule has 2 N–H and O–H groups in total. The Bertz CT molecular complexity index is 443. The average molecular weight is 198 g/mol. The lowest BCUT2D eigenvalue weighted by atomic mass is 10.3. The van der Waals surface area contributed by atoms with Crippen LogP contribution in [0.4, 0.5) is 0 Å². The van der Waals surface area contributed by atoms with Crippen LogP contribution in [0.25, 0.3) is 9.40 Å². The number of nitrogens with zero attached hydrogens (tertiary/aromatic N) is 1. The molecule has 62 valence electrons. The minimum absolute atomic E-state index is 0.359. The van der Waals surface area contributed by atoms with Crippen LogP contribution >= 0.6 is 22.9 Å². The molecule has 0 aliphatic rings. The van der Waals surface area contributed by atoms with Crippen LogP contribution in [0.15, 0.2) is 6.07 Å². The highest BCUT2D eigenvalue weighted by Crippen LogP contribution is 2.30. The Labute approximate surface area is 77.0 Å². The number of aromatic nitrogens is 1. The third-order valence-corrected chi connectivity index (χ3v) is 3.76. The molecule has 5 heteroatoms. The number of carbonyl (C=O) groups is 1. The summed E-state index contributed by atoms with van der Waals surface area (Å²) in [6.07, 6.45) is 0. The Morgan fingerprint density at radius 3 is 3.00 bits per heavy atom. The smallest absolute Gasteiger partial charge is 0.258 e. The van der Waals surface area contributed by atoms with Gasteiger partial charge in [-0.15, -0.1) is 11.3 Å². The van der Waals surface area contributed by atoms with Crippen molar-refractivity contribution in [1.29, 1.82) is 0 Å². The lowest BCUT2D eigenvalue weighted by Gasteiger charge is -1.82. The van der Waals surface area contributed by atoms with E-state index >= 15 is 0 Å². The van der Waals surface area contributed by atoms with E-state index in [0.717, 1.165) is 15.1 Å². The van der Waals surface area contributed by atoms with E-state index in [1.807, 2.05) is 6.92 Å². The predicted octanol–water partition coefficient (Wildman–Crippen LogP) is 1.77. The Balaban J connectivity index is 2.70. The maximum atomic E-state index is 10.8. The van der Waals surface area contributed by atoms with Crippen molar-refractivity contribution in [1.82, 2.24) is 4.37 Å². The standard InChI is InChI=1S/C7H6N2OS2/c1-3-4-2-5(6(8)10)11-7(4)12-9-3/h2H,1H3,(H2,8,10). The van der Waals surface area contributed by atoms with Crippen LogP contribution in [-0.2, 0) is 0 Å². The van der Waals surface area contributed by atoms with Crippen molar-refractivity contribution in [3.05, 3.63) is 16.6 Å². The number of fused-ring (bicyclic) bond motifs is 1. The molecule has 0 aromatic carbocycles. The first-order valence-electron chi connectivity index (χ1n) is 3.34. The monoisotopic (exact) mass is 198 g/mol. The molecule has 3 nitrogen and oxygen atoms in total. The molecule has 0 spiro atoms. The maximum absolute atomic E-state index is 10.8. The van der Waals surface area contributed by atoms with Crippen LogP contribution in [0.3, 0.4) is 0 Å². The number of hydrogen-bond donors (Lipinski definition) is 1. The van der Waals surface area contributed by atoms with Gasteiger partial charge in [0.05, 0.1) is 10.6 Å². The second kappa shape index (κ2) is 2.53. The van der Waals surface area contributed by atoms with Gasteiger partial charge in [-0.05, 0) is 24.5 Å². The number of carbonyl (C=O) groups excluding carboxylic acids is 1. The Kier molecular flexibility index (Phi) is 1.62. The normalized spacial score (nSPS) is 10.8. The molecular weight excluding hydrogens is 192 g/mol. The molecule has 0 radical (unpaired) electrons. The summed E-state index contributed by atoms with van der Waals surface area (Å²) in [6.45, 7) is 1.93. The van der Waals surface area contributed by atoms with E-state index in [0.29, 0.717) is 4.88 Å². The summed E-state index contributed by atoms with van der Waals surface area (Å²) in [5.74, 6) is -0.359. The molecule has 12 heavy (non-hydrogen) atoms. The molecule has 0 bridgehead atoms. The van der Waals surface area contributed by atoms with Gasteiger partial charge < -0.3 is 5.73 Å². The van der Waals surface area contributed by atoms with Gasteiger partial charge in [0.2, 0.25) is 0 Å². The average Bonchev–Trinajstić information content (AvgIpc) is 2.53. The number of rotatable bonds is 1. The van der Waals surface area contributed by atoms with E-state index in [1.54, 1.807) is 6.07 Å². The molecular formula is C7H6N2OS2. The number of nitrogens with two attached hydrogens (primary N) is 1. The topological polar surface area (TPSA) is 56.0 Å². The first-order chi connectivity index (χ1) is 5.68. The molecule has 0 saturated heterocycles. The largest absolute Gasteiger partial charge is 0.365 e. The van der Waals surface area contributed by atoms with E-state index in [-0.39, 0.29) is 5.91 Å². The van der Waals surface area contributed by atoms with Gasteiger partial charge in [0, 0.05) is 5.39 Å². The van der Waals surface area contributed by atoms with Gasteiger partial charge >= 0.3 is 0 Å². The fourth-order valence-corrected chi connectivity index (χ4v) is 2.92. The van der Waals surface area contributed by atoms with E-state index in [1.165, 1.54) is 22.9 Å². The fraction of sp³-hybridized carbons (Fsp3) is 0.143. The van der Waals surface area contributed by atoms with Crippen molar-refractivity contribution in [3.8, 4) is 0 Å². The number of amides is 1. The zero-order valence-corrected chi connectivity index (χ0v) is 7.96. The van der Waals surface area contributed by atoms with E-state index in [2.05, 4.69) is 4.37 Å². The molecule has 0 aliphatic heterocycles. The zero-order chi connectivity index (χ0) is 8.72. The molecule has 1 amide bonds. The van der Waals surface area contributed by atoms with Gasteiger partial charge in [-0.1, -0.05) is 0 Å². The lowest BCUT2D eigenvalue weighted by Crippen LogP contribution is -2.08. The number of aryl methyl sites for hydroxylation is 1. The number of hydrogen-bond acceptors (Lipinski definition) is 4. The summed E-state index contributed by atoms with van der Waals surface area (Å²) in [4.78, 5) is 11.4. The van der Waals surface area contributed by atoms with Crippen molar-refractivity contribution in [2.75, 3.05) is 0 Å². The Morgan fingerprint density at radius 2 is 2.42 bits per heavy atom. The Hall–Kier alpha value is -0.940. The predicted molar refractivity (Wildman–Crippen MR) is 50.8 cm³/mol. The summed E-state index contributed by atoms with van der Waals surface area (Å²) in [5, 5.41) is 1.05. The number of thiophene rings is 1. The highest BCUT2D eigenvalue weighted by Gasteiger charge is 2.10. The minimum atomic E-state index is -0.359. The van der Waals surface area contributed by atoms with Crippen molar-refractivity contribution >= 4 is 38.2 Å². The Morgan fingerprint density at radius 1 is 1.67 bits per heavy atom. The van der Waals surface area contributed by atoms with E-state index in [4.69, 9.17) is 5.73 Å². The second-order valence-corrected chi connectivity index (χ2v) is 4.53. The van der Waals surface area contributed by atoms with Crippen molar-refractivity contribution < 1.29 is 4.79 Å². The van der Waals surface area contributed by atoms with Crippen LogP contribution in [0.2, 0.25) is 0 Å². The zero-order valence-electron chi connectivity index (χ0n) is 6.33. The van der Waals surface area contributed by atoms with Gasteiger partial charge in [-0.3, -0.25) is 4.79 Å².